The Bertz CT molecular complexity index is 2750. The number of aliphatic hydroxyl groups is 1. The monoisotopic (exact) mass is 878 g/mol. The van der Waals surface area contributed by atoms with Gasteiger partial charge in [-0.2, -0.15) is 4.98 Å². The number of aromatic nitrogens is 5. The highest BCUT2D eigenvalue weighted by molar-refractivity contribution is 6.05. The van der Waals surface area contributed by atoms with Gasteiger partial charge in [0.05, 0.1) is 29.1 Å². The van der Waals surface area contributed by atoms with E-state index in [0.717, 1.165) is 58.2 Å². The van der Waals surface area contributed by atoms with Gasteiger partial charge in [-0.25, -0.2) is 9.97 Å². The number of carbonyl (C=O) groups excluding carboxylic acids is 4. The summed E-state index contributed by atoms with van der Waals surface area (Å²) in [5.74, 6) is 0.0748. The van der Waals surface area contributed by atoms with Crippen LogP contribution in [0.15, 0.2) is 65.7 Å². The first-order valence-corrected chi connectivity index (χ1v) is 23.0. The van der Waals surface area contributed by atoms with E-state index in [-0.39, 0.29) is 47.7 Å². The molecule has 5 aliphatic rings. The summed E-state index contributed by atoms with van der Waals surface area (Å²) in [7, 11) is 0. The predicted molar refractivity (Wildman–Crippen MR) is 243 cm³/mol. The Morgan fingerprint density at radius 1 is 0.877 bits per heavy atom. The molecule has 4 aliphatic heterocycles. The Labute approximate surface area is 376 Å². The first-order chi connectivity index (χ1) is 31.4. The van der Waals surface area contributed by atoms with Crippen LogP contribution in [-0.4, -0.2) is 95.1 Å². The molecule has 5 aromatic rings. The lowest BCUT2D eigenvalue weighted by Crippen LogP contribution is -2.52. The molecule has 65 heavy (non-hydrogen) atoms. The zero-order chi connectivity index (χ0) is 45.0. The minimum atomic E-state index is -1.11. The third-order valence-corrected chi connectivity index (χ3v) is 14.5. The molecule has 4 aromatic heterocycles. The normalized spacial score (nSPS) is 20.7. The molecule has 16 nitrogen and oxygen atoms in total. The molecule has 1 atom stereocenters. The van der Waals surface area contributed by atoms with E-state index in [2.05, 4.69) is 55.7 Å². The van der Waals surface area contributed by atoms with E-state index in [1.165, 1.54) is 28.6 Å². The third kappa shape index (κ3) is 8.18. The Hall–Kier alpha value is -6.39. The van der Waals surface area contributed by atoms with Crippen molar-refractivity contribution in [1.29, 1.82) is 0 Å². The minimum Gasteiger partial charge on any atom is -0.383 e. The minimum absolute atomic E-state index is 0.00995. The smallest absolute Gasteiger partial charge is 0.263 e. The van der Waals surface area contributed by atoms with Crippen LogP contribution < -0.4 is 21.1 Å². The summed E-state index contributed by atoms with van der Waals surface area (Å²) in [6, 6.07) is 15.6. The number of ketones is 1. The molecule has 3 amide bonds. The number of pyridine rings is 3. The summed E-state index contributed by atoms with van der Waals surface area (Å²) in [5.41, 5.74) is 5.17. The number of aryl methyl sites for hydroxylation is 1. The number of carbonyl (C=O) groups is 4. The highest BCUT2D eigenvalue weighted by Crippen LogP contribution is 2.37. The van der Waals surface area contributed by atoms with Gasteiger partial charge < -0.3 is 20.2 Å². The van der Waals surface area contributed by atoms with Gasteiger partial charge in [-0.3, -0.25) is 43.7 Å². The van der Waals surface area contributed by atoms with Crippen LogP contribution in [0.3, 0.4) is 0 Å². The van der Waals surface area contributed by atoms with Crippen LogP contribution in [0.1, 0.15) is 132 Å². The van der Waals surface area contributed by atoms with Crippen molar-refractivity contribution in [3.05, 3.63) is 110 Å². The first-order valence-electron chi connectivity index (χ1n) is 23.0. The van der Waals surface area contributed by atoms with Crippen LogP contribution in [0.25, 0.3) is 11.0 Å². The number of hydrogen-bond acceptors (Lipinski definition) is 13. The second kappa shape index (κ2) is 17.2. The molecule has 3 N–H and O–H groups in total. The predicted octanol–water partition coefficient (Wildman–Crippen LogP) is 5.58. The molecular formula is C49H54N10O6. The fraction of sp³-hybridized carbons (Fsp3) is 0.449. The maximum atomic E-state index is 13.6. The maximum absolute atomic E-state index is 13.6. The van der Waals surface area contributed by atoms with Crippen LogP contribution in [0, 0.1) is 6.92 Å². The summed E-state index contributed by atoms with van der Waals surface area (Å²) in [6.07, 6.45) is 11.0. The average molecular weight is 879 g/mol. The van der Waals surface area contributed by atoms with Crippen molar-refractivity contribution < 1.29 is 24.3 Å². The molecule has 3 saturated heterocycles. The third-order valence-electron chi connectivity index (χ3n) is 14.5. The van der Waals surface area contributed by atoms with Gasteiger partial charge in [0.2, 0.25) is 17.8 Å². The fourth-order valence-electron chi connectivity index (χ4n) is 10.7. The molecule has 0 spiro atoms. The molecule has 0 radical (unpaired) electrons. The van der Waals surface area contributed by atoms with Crippen molar-refractivity contribution in [1.82, 2.24) is 39.6 Å². The molecule has 8 heterocycles. The number of nitrogens with zero attached hydrogens (tertiary/aromatic N) is 8. The fourth-order valence-corrected chi connectivity index (χ4v) is 10.7. The topological polar surface area (TPSA) is 196 Å². The number of piperidine rings is 3. The zero-order valence-corrected chi connectivity index (χ0v) is 36.9. The van der Waals surface area contributed by atoms with Crippen molar-refractivity contribution in [3.8, 4) is 0 Å². The quantitative estimate of drug-likeness (QED) is 0.116. The summed E-state index contributed by atoms with van der Waals surface area (Å²) < 4.78 is 1.72. The van der Waals surface area contributed by atoms with Crippen molar-refractivity contribution in [2.75, 3.05) is 36.4 Å². The van der Waals surface area contributed by atoms with Crippen LogP contribution in [0.2, 0.25) is 0 Å². The van der Waals surface area contributed by atoms with Crippen molar-refractivity contribution in [2.45, 2.75) is 115 Å². The summed E-state index contributed by atoms with van der Waals surface area (Å²) in [5, 5.41) is 18.0. The van der Waals surface area contributed by atoms with Gasteiger partial charge in [-0.15, -0.1) is 0 Å². The van der Waals surface area contributed by atoms with Crippen LogP contribution in [-0.2, 0) is 28.3 Å². The van der Waals surface area contributed by atoms with Gasteiger partial charge in [-0.05, 0) is 112 Å². The highest BCUT2D eigenvalue weighted by Gasteiger charge is 2.42. The van der Waals surface area contributed by atoms with Gasteiger partial charge in [0.25, 0.3) is 11.5 Å². The Morgan fingerprint density at radius 3 is 2.32 bits per heavy atom. The molecule has 10 rings (SSSR count). The number of rotatable bonds is 10. The number of fused-ring (bicyclic) bond motifs is 2. The van der Waals surface area contributed by atoms with E-state index in [1.54, 1.807) is 29.8 Å². The summed E-state index contributed by atoms with van der Waals surface area (Å²) in [6.45, 7) is 7.46. The number of Topliss-reactive ketones (excluding diaryl/α,β-unsaturated/α-hetero) is 1. The zero-order valence-electron chi connectivity index (χ0n) is 36.9. The average Bonchev–Trinajstić information content (AvgIpc) is 3.95. The molecule has 1 unspecified atom stereocenters. The number of imide groups is 1. The van der Waals surface area contributed by atoms with Gasteiger partial charge in [0.1, 0.15) is 23.1 Å². The molecule has 1 aromatic carbocycles. The number of nitrogens with one attached hydrogen (secondary N) is 2. The van der Waals surface area contributed by atoms with E-state index in [9.17, 15) is 29.1 Å². The van der Waals surface area contributed by atoms with Crippen molar-refractivity contribution >= 4 is 52.0 Å². The van der Waals surface area contributed by atoms with E-state index in [1.807, 2.05) is 12.3 Å². The number of hydrogen-bond donors (Lipinski definition) is 3. The molecule has 1 aliphatic carbocycles. The van der Waals surface area contributed by atoms with Crippen molar-refractivity contribution in [3.63, 3.8) is 0 Å². The number of benzene rings is 1. The SMILES string of the molecule is CC(=O)c1c(C)c2cnc(Nc3ccc(C4CCN(c5ccc(CN6CCC(O)(c7ccc8c(n7)CN(C7CCC(=O)NC7=O)C8=O)CC6)cc5)CC4)cn3)nc2n(C2CCCC2)c1=O. The first kappa shape index (κ1) is 42.6. The van der Waals surface area contributed by atoms with Gasteiger partial charge >= 0.3 is 0 Å². The Morgan fingerprint density at radius 2 is 1.63 bits per heavy atom. The Kier molecular flexibility index (Phi) is 11.3. The summed E-state index contributed by atoms with van der Waals surface area (Å²) >= 11 is 0. The molecule has 336 valence electrons. The highest BCUT2D eigenvalue weighted by atomic mass is 16.3. The van der Waals surface area contributed by atoms with E-state index in [4.69, 9.17) is 15.0 Å². The lowest BCUT2D eigenvalue weighted by atomic mass is 9.87. The second-order valence-corrected chi connectivity index (χ2v) is 18.5. The molecule has 1 saturated carbocycles. The van der Waals surface area contributed by atoms with Crippen molar-refractivity contribution in [2.24, 2.45) is 0 Å². The number of likely N-dealkylation sites (tertiary alicyclic amines) is 1. The lowest BCUT2D eigenvalue weighted by molar-refractivity contribution is -0.136. The largest absolute Gasteiger partial charge is 0.383 e. The lowest BCUT2D eigenvalue weighted by Gasteiger charge is -2.38. The molecule has 0 bridgehead atoms. The molecule has 16 heteroatoms. The number of anilines is 3. The standard InChI is InChI=1S/C49H54N10O6/c1-29-37-26-51-48(55-44(37)59(35-5-3-4-6-35)47(64)43(29)30(2)60)53-41-15-9-33(25-50-41)32-17-21-57(22-18-32)34-10-7-31(8-11-34)27-56-23-19-49(65,20-24-56)40-14-12-36-38(52-40)28-58(46(36)63)39-13-16-42(61)54-45(39)62/h7-12,14-15,25-26,32,35,39,65H,3-6,13,16-24,27-28H2,1-2H3,(H,54,61,62)(H,50,51,53,55). The maximum Gasteiger partial charge on any atom is 0.263 e. The molecular weight excluding hydrogens is 825 g/mol. The second-order valence-electron chi connectivity index (χ2n) is 18.5. The van der Waals surface area contributed by atoms with Gasteiger partial charge in [-0.1, -0.05) is 31.0 Å². The van der Waals surface area contributed by atoms with Crippen LogP contribution >= 0.6 is 0 Å². The van der Waals surface area contributed by atoms with Gasteiger partial charge in [0.15, 0.2) is 5.78 Å². The van der Waals surface area contributed by atoms with Crippen LogP contribution in [0.5, 0.6) is 0 Å². The molecule has 4 fully saturated rings. The van der Waals surface area contributed by atoms with E-state index >= 15 is 0 Å². The number of amides is 3. The van der Waals surface area contributed by atoms with E-state index in [0.29, 0.717) is 83.6 Å². The van der Waals surface area contributed by atoms with E-state index < -0.39 is 17.6 Å². The van der Waals surface area contributed by atoms with Gasteiger partial charge in [0, 0.05) is 68.7 Å². The Balaban J connectivity index is 0.712. The van der Waals surface area contributed by atoms with Crippen LogP contribution in [0.4, 0.5) is 17.5 Å². The summed E-state index contributed by atoms with van der Waals surface area (Å²) in [4.78, 5) is 88.5.